The number of nitrogens with zero attached hydrogens (tertiary/aromatic N) is 1. The van der Waals surface area contributed by atoms with Crippen LogP contribution in [0.15, 0.2) is 23.9 Å². The number of hydrogen-bond acceptors (Lipinski definition) is 5. The Bertz CT molecular complexity index is 419. The summed E-state index contributed by atoms with van der Waals surface area (Å²) in [6.07, 6.45) is 1.59. The summed E-state index contributed by atoms with van der Waals surface area (Å²) in [7, 11) is 0. The zero-order valence-corrected chi connectivity index (χ0v) is 10.3. The number of β-lactam (4-membered cyclic amide) rings is 1. The molecule has 0 aliphatic carbocycles. The number of fused-ring (bicyclic) bond motifs is 1. The fourth-order valence-corrected chi connectivity index (χ4v) is 3.17. The van der Waals surface area contributed by atoms with Gasteiger partial charge in [0.1, 0.15) is 17.1 Å². The maximum absolute atomic E-state index is 11.8. The summed E-state index contributed by atoms with van der Waals surface area (Å²) < 4.78 is 4.96. The Balaban J connectivity index is 2.34. The van der Waals surface area contributed by atoms with Crippen LogP contribution in [-0.2, 0) is 14.3 Å². The van der Waals surface area contributed by atoms with Crippen LogP contribution in [0.25, 0.3) is 0 Å². The molecule has 0 bridgehead atoms. The average molecular weight is 254 g/mol. The Morgan fingerprint density at radius 3 is 3.06 bits per heavy atom. The largest absolute Gasteiger partial charge is 0.461 e. The SMILES string of the molecule is C=CC1=C(C(=O)OCC)N2C(=O)C(N)[C@@H]2SC1. The lowest BCUT2D eigenvalue weighted by atomic mass is 10.0. The van der Waals surface area contributed by atoms with Gasteiger partial charge in [-0.15, -0.1) is 11.8 Å². The third kappa shape index (κ3) is 1.77. The van der Waals surface area contributed by atoms with E-state index in [0.717, 1.165) is 5.57 Å². The van der Waals surface area contributed by atoms with Crippen molar-refractivity contribution >= 4 is 23.6 Å². The zero-order valence-electron chi connectivity index (χ0n) is 9.51. The highest BCUT2D eigenvalue weighted by Crippen LogP contribution is 2.39. The first-order valence-corrected chi connectivity index (χ1v) is 6.39. The van der Waals surface area contributed by atoms with Crippen molar-refractivity contribution in [2.45, 2.75) is 18.3 Å². The molecule has 0 aromatic rings. The smallest absolute Gasteiger partial charge is 0.355 e. The number of rotatable bonds is 3. The van der Waals surface area contributed by atoms with Crippen LogP contribution in [0.2, 0.25) is 0 Å². The van der Waals surface area contributed by atoms with Crippen molar-refractivity contribution in [2.24, 2.45) is 5.73 Å². The van der Waals surface area contributed by atoms with Gasteiger partial charge in [-0.2, -0.15) is 0 Å². The lowest BCUT2D eigenvalue weighted by Crippen LogP contribution is -2.68. The molecule has 1 amide bonds. The van der Waals surface area contributed by atoms with Gasteiger partial charge >= 0.3 is 5.97 Å². The molecule has 2 aliphatic heterocycles. The molecule has 5 nitrogen and oxygen atoms in total. The molecule has 2 aliphatic rings. The summed E-state index contributed by atoms with van der Waals surface area (Å²) in [4.78, 5) is 24.9. The molecule has 0 saturated carbocycles. The molecule has 1 saturated heterocycles. The lowest BCUT2D eigenvalue weighted by molar-refractivity contribution is -0.150. The van der Waals surface area contributed by atoms with E-state index in [1.807, 2.05) is 0 Å². The molecule has 0 aromatic heterocycles. The van der Waals surface area contributed by atoms with E-state index in [-0.39, 0.29) is 17.9 Å². The maximum atomic E-state index is 11.8. The fraction of sp³-hybridized carbons (Fsp3) is 0.455. The Labute approximate surface area is 104 Å². The van der Waals surface area contributed by atoms with E-state index < -0.39 is 12.0 Å². The number of hydrogen-bond donors (Lipinski definition) is 1. The van der Waals surface area contributed by atoms with Crippen molar-refractivity contribution in [2.75, 3.05) is 12.4 Å². The molecule has 1 unspecified atom stereocenters. The number of esters is 1. The van der Waals surface area contributed by atoms with E-state index in [1.54, 1.807) is 13.0 Å². The predicted molar refractivity (Wildman–Crippen MR) is 64.9 cm³/mol. The van der Waals surface area contributed by atoms with Gasteiger partial charge < -0.3 is 10.5 Å². The van der Waals surface area contributed by atoms with Crippen molar-refractivity contribution in [3.63, 3.8) is 0 Å². The molecule has 0 aromatic carbocycles. The molecule has 2 rings (SSSR count). The molecule has 2 atom stereocenters. The highest BCUT2D eigenvalue weighted by Gasteiger charge is 2.51. The first-order chi connectivity index (χ1) is 8.11. The fourth-order valence-electron chi connectivity index (χ4n) is 1.88. The Morgan fingerprint density at radius 2 is 2.47 bits per heavy atom. The zero-order chi connectivity index (χ0) is 12.6. The number of thioether (sulfide) groups is 1. The van der Waals surface area contributed by atoms with Crippen LogP contribution in [0.5, 0.6) is 0 Å². The summed E-state index contributed by atoms with van der Waals surface area (Å²) in [6, 6.07) is -0.518. The van der Waals surface area contributed by atoms with Gasteiger partial charge in [0.25, 0.3) is 0 Å². The first kappa shape index (κ1) is 12.2. The molecule has 17 heavy (non-hydrogen) atoms. The highest BCUT2D eigenvalue weighted by atomic mass is 32.2. The molecule has 1 fully saturated rings. The Morgan fingerprint density at radius 1 is 1.76 bits per heavy atom. The molecule has 0 radical (unpaired) electrons. The molecular weight excluding hydrogens is 240 g/mol. The quantitative estimate of drug-likeness (QED) is 0.576. The summed E-state index contributed by atoms with van der Waals surface area (Å²) in [5.74, 6) is -0.0858. The number of ether oxygens (including phenoxy) is 1. The summed E-state index contributed by atoms with van der Waals surface area (Å²) in [5, 5.41) is -0.148. The standard InChI is InChI=1S/C11H14N2O3S/c1-3-6-5-17-10-7(12)9(14)13(10)8(6)11(15)16-4-2/h3,7,10H,1,4-5,12H2,2H3/t7?,10-/m0/s1. The number of nitrogens with two attached hydrogens (primary N) is 1. The van der Waals surface area contributed by atoms with E-state index in [4.69, 9.17) is 10.5 Å². The van der Waals surface area contributed by atoms with Crippen molar-refractivity contribution in [1.29, 1.82) is 0 Å². The van der Waals surface area contributed by atoms with Crippen LogP contribution < -0.4 is 5.73 Å². The van der Waals surface area contributed by atoms with Gasteiger partial charge in [0, 0.05) is 5.75 Å². The number of carbonyl (C=O) groups excluding carboxylic acids is 2. The summed E-state index contributed by atoms with van der Waals surface area (Å²) >= 11 is 1.54. The van der Waals surface area contributed by atoms with Crippen LogP contribution in [0.1, 0.15) is 6.92 Å². The normalized spacial score (nSPS) is 27.4. The van der Waals surface area contributed by atoms with Gasteiger partial charge in [-0.1, -0.05) is 12.7 Å². The minimum Gasteiger partial charge on any atom is -0.461 e. The van der Waals surface area contributed by atoms with Crippen LogP contribution in [-0.4, -0.2) is 40.6 Å². The lowest BCUT2D eigenvalue weighted by Gasteiger charge is -2.48. The van der Waals surface area contributed by atoms with Gasteiger partial charge in [0.2, 0.25) is 5.91 Å². The second-order valence-corrected chi connectivity index (χ2v) is 4.84. The van der Waals surface area contributed by atoms with Gasteiger partial charge in [-0.3, -0.25) is 9.69 Å². The molecule has 2 N–H and O–H groups in total. The second kappa shape index (κ2) is 4.54. The van der Waals surface area contributed by atoms with Gasteiger partial charge in [0.15, 0.2) is 0 Å². The molecule has 2 heterocycles. The van der Waals surface area contributed by atoms with Gasteiger partial charge in [-0.05, 0) is 12.5 Å². The summed E-state index contributed by atoms with van der Waals surface area (Å²) in [5.41, 5.74) is 6.72. The highest BCUT2D eigenvalue weighted by molar-refractivity contribution is 8.00. The minimum atomic E-state index is -0.518. The number of amides is 1. The predicted octanol–water partition coefficient (Wildman–Crippen LogP) is 0.232. The topological polar surface area (TPSA) is 72.6 Å². The van der Waals surface area contributed by atoms with Crippen molar-refractivity contribution in [1.82, 2.24) is 4.90 Å². The van der Waals surface area contributed by atoms with Crippen LogP contribution in [0.4, 0.5) is 0 Å². The molecule has 92 valence electrons. The van der Waals surface area contributed by atoms with Crippen molar-refractivity contribution < 1.29 is 14.3 Å². The van der Waals surface area contributed by atoms with Crippen LogP contribution in [0.3, 0.4) is 0 Å². The minimum absolute atomic E-state index is 0.148. The van der Waals surface area contributed by atoms with E-state index >= 15 is 0 Å². The first-order valence-electron chi connectivity index (χ1n) is 5.34. The number of allylic oxidation sites excluding steroid dienone is 1. The average Bonchev–Trinajstić information content (AvgIpc) is 2.36. The molecular formula is C11H14N2O3S. The second-order valence-electron chi connectivity index (χ2n) is 3.73. The van der Waals surface area contributed by atoms with Crippen LogP contribution in [0, 0.1) is 0 Å². The van der Waals surface area contributed by atoms with Crippen molar-refractivity contribution in [3.05, 3.63) is 23.9 Å². The monoisotopic (exact) mass is 254 g/mol. The van der Waals surface area contributed by atoms with Crippen molar-refractivity contribution in [3.8, 4) is 0 Å². The Hall–Kier alpha value is -1.27. The molecule has 6 heteroatoms. The van der Waals surface area contributed by atoms with Crippen LogP contribution >= 0.6 is 11.8 Å². The van der Waals surface area contributed by atoms with E-state index in [2.05, 4.69) is 6.58 Å². The van der Waals surface area contributed by atoms with Gasteiger partial charge in [0.05, 0.1) is 6.61 Å². The molecule has 0 spiro atoms. The third-order valence-corrected chi connectivity index (χ3v) is 4.08. The van der Waals surface area contributed by atoms with E-state index in [9.17, 15) is 9.59 Å². The van der Waals surface area contributed by atoms with Gasteiger partial charge in [-0.25, -0.2) is 4.79 Å². The van der Waals surface area contributed by atoms with E-state index in [0.29, 0.717) is 11.4 Å². The third-order valence-electron chi connectivity index (χ3n) is 2.75. The maximum Gasteiger partial charge on any atom is 0.355 e. The van der Waals surface area contributed by atoms with E-state index in [1.165, 1.54) is 16.7 Å². The summed E-state index contributed by atoms with van der Waals surface area (Å²) in [6.45, 7) is 5.66. The number of carbonyl (C=O) groups is 2. The Kier molecular flexibility index (Phi) is 3.26.